The minimum atomic E-state index is -0.640. The SMILES string of the molecule is Cc1ccc(C(=O)NN2C(N)=C(C#N)C(c3ccc(OCc4ccccc4)cc3)C3=C2CC(C)(C)CC3=O)cc1. The zero-order valence-electron chi connectivity index (χ0n) is 22.9. The van der Waals surface area contributed by atoms with E-state index in [1.165, 1.54) is 5.01 Å². The summed E-state index contributed by atoms with van der Waals surface area (Å²) >= 11 is 0. The Morgan fingerprint density at radius 3 is 2.38 bits per heavy atom. The van der Waals surface area contributed by atoms with Crippen LogP contribution in [0, 0.1) is 23.7 Å². The van der Waals surface area contributed by atoms with Gasteiger partial charge in [0, 0.05) is 17.6 Å². The summed E-state index contributed by atoms with van der Waals surface area (Å²) < 4.78 is 5.94. The summed E-state index contributed by atoms with van der Waals surface area (Å²) in [6.07, 6.45) is 0.843. The molecule has 0 radical (unpaired) electrons. The molecule has 0 spiro atoms. The van der Waals surface area contributed by atoms with Gasteiger partial charge in [0.2, 0.25) is 0 Å². The van der Waals surface area contributed by atoms with Crippen LogP contribution < -0.4 is 15.9 Å². The number of benzene rings is 3. The number of Topliss-reactive ketones (excluding diaryl/α,β-unsaturated/α-hetero) is 1. The van der Waals surface area contributed by atoms with Gasteiger partial charge >= 0.3 is 0 Å². The number of rotatable bonds is 6. The predicted molar refractivity (Wildman–Crippen MR) is 152 cm³/mol. The van der Waals surface area contributed by atoms with Crippen LogP contribution in [0.2, 0.25) is 0 Å². The smallest absolute Gasteiger partial charge is 0.270 e. The van der Waals surface area contributed by atoms with E-state index in [0.29, 0.717) is 42.0 Å². The summed E-state index contributed by atoms with van der Waals surface area (Å²) in [7, 11) is 0. The van der Waals surface area contributed by atoms with Crippen LogP contribution >= 0.6 is 0 Å². The molecule has 1 atom stereocenters. The summed E-state index contributed by atoms with van der Waals surface area (Å²) in [6, 6.07) is 26.7. The van der Waals surface area contributed by atoms with Gasteiger partial charge in [-0.05, 0) is 54.2 Å². The molecule has 5 rings (SSSR count). The maximum absolute atomic E-state index is 13.7. The van der Waals surface area contributed by atoms with E-state index < -0.39 is 5.92 Å². The summed E-state index contributed by atoms with van der Waals surface area (Å²) in [5.74, 6) is -0.283. The number of ketones is 1. The van der Waals surface area contributed by atoms with Gasteiger partial charge in [-0.15, -0.1) is 0 Å². The Hall–Kier alpha value is -4.83. The normalized spacial score (nSPS) is 18.2. The van der Waals surface area contributed by atoms with E-state index in [4.69, 9.17) is 10.5 Å². The lowest BCUT2D eigenvalue weighted by molar-refractivity contribution is -0.118. The zero-order chi connectivity index (χ0) is 28.4. The van der Waals surface area contributed by atoms with Crippen LogP contribution in [0.15, 0.2) is 102 Å². The van der Waals surface area contributed by atoms with Crippen LogP contribution in [0.3, 0.4) is 0 Å². The molecule has 0 aromatic heterocycles. The lowest BCUT2D eigenvalue weighted by Gasteiger charge is -2.43. The van der Waals surface area contributed by atoms with Crippen molar-refractivity contribution in [3.05, 3.63) is 124 Å². The highest BCUT2D eigenvalue weighted by Gasteiger charge is 2.44. The van der Waals surface area contributed by atoms with E-state index in [1.54, 1.807) is 12.1 Å². The van der Waals surface area contributed by atoms with Crippen molar-refractivity contribution in [1.82, 2.24) is 10.4 Å². The largest absolute Gasteiger partial charge is 0.489 e. The number of nitriles is 1. The van der Waals surface area contributed by atoms with Gasteiger partial charge in [0.1, 0.15) is 18.2 Å². The second kappa shape index (κ2) is 10.7. The number of hydrogen-bond donors (Lipinski definition) is 2. The summed E-state index contributed by atoms with van der Waals surface area (Å²) in [5, 5.41) is 11.7. The number of ether oxygens (including phenoxy) is 1. The fourth-order valence-corrected chi connectivity index (χ4v) is 5.34. The van der Waals surface area contributed by atoms with Crippen LogP contribution in [0.5, 0.6) is 5.75 Å². The Balaban J connectivity index is 1.50. The number of hydrogen-bond acceptors (Lipinski definition) is 6. The summed E-state index contributed by atoms with van der Waals surface area (Å²) in [5.41, 5.74) is 13.8. The monoisotopic (exact) mass is 532 g/mol. The third kappa shape index (κ3) is 5.34. The predicted octanol–water partition coefficient (Wildman–Crippen LogP) is 5.66. The molecule has 3 aromatic carbocycles. The first-order chi connectivity index (χ1) is 19.2. The summed E-state index contributed by atoms with van der Waals surface area (Å²) in [6.45, 7) is 6.41. The molecule has 0 fully saturated rings. The van der Waals surface area contributed by atoms with Crippen molar-refractivity contribution in [2.75, 3.05) is 0 Å². The highest BCUT2D eigenvalue weighted by Crippen LogP contribution is 2.48. The molecule has 1 aliphatic heterocycles. The van der Waals surface area contributed by atoms with Crippen molar-refractivity contribution < 1.29 is 14.3 Å². The Labute approximate surface area is 234 Å². The highest BCUT2D eigenvalue weighted by atomic mass is 16.5. The van der Waals surface area contributed by atoms with Gasteiger partial charge in [0.05, 0.1) is 23.3 Å². The summed E-state index contributed by atoms with van der Waals surface area (Å²) in [4.78, 5) is 26.9. The lowest BCUT2D eigenvalue weighted by atomic mass is 9.69. The molecular formula is C33H32N4O3. The van der Waals surface area contributed by atoms with E-state index in [0.717, 1.165) is 16.7 Å². The first-order valence-electron chi connectivity index (χ1n) is 13.3. The second-order valence-corrected chi connectivity index (χ2v) is 11.1. The van der Waals surface area contributed by atoms with Crippen LogP contribution in [-0.4, -0.2) is 16.7 Å². The molecule has 0 saturated heterocycles. The van der Waals surface area contributed by atoms with Gasteiger partial charge in [0.15, 0.2) is 5.78 Å². The first kappa shape index (κ1) is 26.8. The Morgan fingerprint density at radius 2 is 1.73 bits per heavy atom. The van der Waals surface area contributed by atoms with Crippen LogP contribution in [0.1, 0.15) is 59.7 Å². The Kier molecular flexibility index (Phi) is 7.19. The number of nitrogens with one attached hydrogen (secondary N) is 1. The molecule has 1 aliphatic carbocycles. The molecule has 2 aliphatic rings. The second-order valence-electron chi connectivity index (χ2n) is 11.1. The molecule has 3 N–H and O–H groups in total. The zero-order valence-corrected chi connectivity index (χ0v) is 22.9. The van der Waals surface area contributed by atoms with E-state index in [-0.39, 0.29) is 28.5 Å². The van der Waals surface area contributed by atoms with Crippen LogP contribution in [0.4, 0.5) is 0 Å². The number of carbonyl (C=O) groups is 2. The van der Waals surface area contributed by atoms with Gasteiger partial charge in [-0.3, -0.25) is 15.0 Å². The van der Waals surface area contributed by atoms with E-state index in [9.17, 15) is 14.9 Å². The molecule has 202 valence electrons. The molecule has 1 amide bonds. The lowest BCUT2D eigenvalue weighted by Crippen LogP contribution is -2.49. The van der Waals surface area contributed by atoms with E-state index in [1.807, 2.05) is 87.5 Å². The quantitative estimate of drug-likeness (QED) is 0.424. The van der Waals surface area contributed by atoms with Gasteiger partial charge < -0.3 is 10.5 Å². The molecule has 7 heteroatoms. The van der Waals surface area contributed by atoms with Gasteiger partial charge in [-0.1, -0.05) is 74.0 Å². The van der Waals surface area contributed by atoms with Crippen molar-refractivity contribution in [3.63, 3.8) is 0 Å². The molecule has 40 heavy (non-hydrogen) atoms. The topological polar surface area (TPSA) is 108 Å². The van der Waals surface area contributed by atoms with Crippen LogP contribution in [-0.2, 0) is 11.4 Å². The third-order valence-electron chi connectivity index (χ3n) is 7.37. The van der Waals surface area contributed by atoms with E-state index >= 15 is 0 Å². The van der Waals surface area contributed by atoms with Crippen molar-refractivity contribution in [3.8, 4) is 11.8 Å². The van der Waals surface area contributed by atoms with Gasteiger partial charge in [-0.25, -0.2) is 5.01 Å². The van der Waals surface area contributed by atoms with Crippen molar-refractivity contribution >= 4 is 11.7 Å². The molecule has 3 aromatic rings. The maximum Gasteiger partial charge on any atom is 0.270 e. The molecule has 7 nitrogen and oxygen atoms in total. The van der Waals surface area contributed by atoms with Gasteiger partial charge in [-0.2, -0.15) is 5.26 Å². The minimum Gasteiger partial charge on any atom is -0.489 e. The maximum atomic E-state index is 13.7. The fraction of sp³-hybridized carbons (Fsp3) is 0.242. The third-order valence-corrected chi connectivity index (χ3v) is 7.37. The van der Waals surface area contributed by atoms with Crippen molar-refractivity contribution in [2.24, 2.45) is 11.1 Å². The van der Waals surface area contributed by atoms with Crippen LogP contribution in [0.25, 0.3) is 0 Å². The number of aryl methyl sites for hydroxylation is 1. The number of hydrazine groups is 1. The molecule has 1 heterocycles. The average Bonchev–Trinajstić information content (AvgIpc) is 2.94. The molecule has 0 bridgehead atoms. The number of nitrogens with zero attached hydrogens (tertiary/aromatic N) is 2. The number of carbonyl (C=O) groups excluding carboxylic acids is 2. The first-order valence-corrected chi connectivity index (χ1v) is 13.3. The molecule has 1 unspecified atom stereocenters. The minimum absolute atomic E-state index is 0.0597. The van der Waals surface area contributed by atoms with Crippen molar-refractivity contribution in [1.29, 1.82) is 5.26 Å². The van der Waals surface area contributed by atoms with E-state index in [2.05, 4.69) is 11.5 Å². The number of nitrogens with two attached hydrogens (primary N) is 1. The van der Waals surface area contributed by atoms with Gasteiger partial charge in [0.25, 0.3) is 5.91 Å². The number of allylic oxidation sites excluding steroid dienone is 3. The Morgan fingerprint density at radius 1 is 1.05 bits per heavy atom. The standard InChI is InChI=1S/C33H32N4O3/c1-21-9-11-24(12-10-21)32(39)36-37-27-17-33(2,3)18-28(38)30(27)29(26(19-34)31(37)35)23-13-15-25(16-14-23)40-20-22-7-5-4-6-8-22/h4-16,29H,17-18,20,35H2,1-3H3,(H,36,39). The average molecular weight is 533 g/mol. The van der Waals surface area contributed by atoms with Crippen molar-refractivity contribution in [2.45, 2.75) is 46.1 Å². The molecule has 0 saturated carbocycles. The fourth-order valence-electron chi connectivity index (χ4n) is 5.34. The molecular weight excluding hydrogens is 500 g/mol. The Bertz CT molecular complexity index is 1550. The number of amides is 1. The highest BCUT2D eigenvalue weighted by molar-refractivity contribution is 6.01.